The molecule has 0 unspecified atom stereocenters. The Balaban J connectivity index is 4.65. The fraction of sp³-hybridized carbons (Fsp3) is 0.765. The predicted molar refractivity (Wildman–Crippen MR) is 92.8 cm³/mol. The highest BCUT2D eigenvalue weighted by Crippen LogP contribution is 2.13. The molecule has 0 saturated heterocycles. The van der Waals surface area contributed by atoms with Gasteiger partial charge in [-0.1, -0.05) is 6.92 Å². The van der Waals surface area contributed by atoms with Crippen molar-refractivity contribution < 1.29 is 39.1 Å². The number of ether oxygens (including phenoxy) is 2. The summed E-state index contributed by atoms with van der Waals surface area (Å²) in [6.07, 6.45) is 2.89. The van der Waals surface area contributed by atoms with Crippen LogP contribution in [0.4, 0.5) is 0 Å². The Labute approximate surface area is 153 Å². The van der Waals surface area contributed by atoms with E-state index < -0.39 is 11.1 Å². The van der Waals surface area contributed by atoms with Crippen molar-refractivity contribution in [1.82, 2.24) is 5.32 Å². The molecule has 0 rings (SSSR count). The first-order valence-corrected chi connectivity index (χ1v) is 8.78. The predicted octanol–water partition coefficient (Wildman–Crippen LogP) is -2.37. The Hall–Kier alpha value is -1.52. The third kappa shape index (κ3) is 9.25. The SMILES string of the molecule is CCCOCC[NH2+]C(C=O)(C=O)CCC(C=O)(C=O)NCCOCCO. The van der Waals surface area contributed by atoms with Gasteiger partial charge in [0.1, 0.15) is 24.7 Å². The second kappa shape index (κ2) is 14.6. The van der Waals surface area contributed by atoms with Gasteiger partial charge in [-0.25, -0.2) is 0 Å². The van der Waals surface area contributed by atoms with Crippen LogP contribution in [-0.2, 0) is 28.7 Å². The number of nitrogens with two attached hydrogens (primary N) is 1. The standard InChI is InChI=1S/C17H30N2O7/c1-2-8-25-9-5-18-16(12-21,13-22)3-4-17(14-23,15-24)19-6-10-26-11-7-20/h12-15,18-20H,2-11H2,1H3/p+1. The van der Waals surface area contributed by atoms with E-state index >= 15 is 0 Å². The van der Waals surface area contributed by atoms with Crippen molar-refractivity contribution in [1.29, 1.82) is 0 Å². The largest absolute Gasteiger partial charge is 0.394 e. The lowest BCUT2D eigenvalue weighted by Gasteiger charge is -2.27. The molecule has 26 heavy (non-hydrogen) atoms. The van der Waals surface area contributed by atoms with Gasteiger partial charge in [-0.2, -0.15) is 0 Å². The maximum absolute atomic E-state index is 11.5. The molecule has 0 amide bonds. The maximum Gasteiger partial charge on any atom is 0.208 e. The van der Waals surface area contributed by atoms with Crippen LogP contribution < -0.4 is 10.6 Å². The number of nitrogens with one attached hydrogen (secondary N) is 1. The molecule has 0 aromatic carbocycles. The van der Waals surface area contributed by atoms with E-state index in [9.17, 15) is 19.2 Å². The summed E-state index contributed by atoms with van der Waals surface area (Å²) in [6.45, 7) is 3.84. The van der Waals surface area contributed by atoms with Crippen LogP contribution in [0.15, 0.2) is 0 Å². The van der Waals surface area contributed by atoms with E-state index in [1.807, 2.05) is 6.92 Å². The number of carbonyl (C=O) groups excluding carboxylic acids is 4. The van der Waals surface area contributed by atoms with Gasteiger partial charge < -0.3 is 29.5 Å². The van der Waals surface area contributed by atoms with Crippen molar-refractivity contribution in [3.63, 3.8) is 0 Å². The molecule has 150 valence electrons. The molecule has 0 saturated carbocycles. The smallest absolute Gasteiger partial charge is 0.208 e. The minimum absolute atomic E-state index is 0.0101. The molecule has 0 aromatic rings. The van der Waals surface area contributed by atoms with Crippen LogP contribution in [0.25, 0.3) is 0 Å². The zero-order valence-electron chi connectivity index (χ0n) is 15.4. The number of rotatable bonds is 19. The molecular formula is C17H31N2O7+. The monoisotopic (exact) mass is 375 g/mol. The van der Waals surface area contributed by atoms with Crippen LogP contribution in [0, 0.1) is 0 Å². The van der Waals surface area contributed by atoms with Crippen molar-refractivity contribution >= 4 is 25.1 Å². The summed E-state index contributed by atoms with van der Waals surface area (Å²) in [5, 5.41) is 13.0. The van der Waals surface area contributed by atoms with E-state index in [1.165, 1.54) is 0 Å². The molecule has 0 spiro atoms. The molecule has 0 aliphatic rings. The lowest BCUT2D eigenvalue weighted by Crippen LogP contribution is -2.99. The van der Waals surface area contributed by atoms with Gasteiger partial charge in [0.2, 0.25) is 5.54 Å². The Morgan fingerprint density at radius 1 is 0.923 bits per heavy atom. The summed E-state index contributed by atoms with van der Waals surface area (Å²) < 4.78 is 10.4. The van der Waals surface area contributed by atoms with Crippen LogP contribution in [0.3, 0.4) is 0 Å². The molecule has 0 radical (unpaired) electrons. The quantitative estimate of drug-likeness (QED) is 0.129. The van der Waals surface area contributed by atoms with Gasteiger partial charge in [0.15, 0.2) is 12.6 Å². The van der Waals surface area contributed by atoms with Gasteiger partial charge in [-0.3, -0.25) is 14.9 Å². The van der Waals surface area contributed by atoms with Crippen LogP contribution in [0.5, 0.6) is 0 Å². The summed E-state index contributed by atoms with van der Waals surface area (Å²) >= 11 is 0. The molecule has 0 fully saturated rings. The number of aliphatic hydroxyl groups is 1. The summed E-state index contributed by atoms with van der Waals surface area (Å²) in [6, 6.07) is 0. The van der Waals surface area contributed by atoms with Crippen LogP contribution in [0.1, 0.15) is 26.2 Å². The third-order valence-corrected chi connectivity index (χ3v) is 3.90. The molecule has 9 heteroatoms. The van der Waals surface area contributed by atoms with E-state index in [0.29, 0.717) is 44.9 Å². The molecule has 4 N–H and O–H groups in total. The minimum atomic E-state index is -1.49. The van der Waals surface area contributed by atoms with E-state index in [4.69, 9.17) is 14.6 Å². The first-order valence-electron chi connectivity index (χ1n) is 8.78. The lowest BCUT2D eigenvalue weighted by atomic mass is 9.88. The average molecular weight is 375 g/mol. The Morgan fingerprint density at radius 3 is 2.12 bits per heavy atom. The summed E-state index contributed by atoms with van der Waals surface area (Å²) in [5.41, 5.74) is -2.85. The zero-order chi connectivity index (χ0) is 19.7. The van der Waals surface area contributed by atoms with Crippen LogP contribution in [0.2, 0.25) is 0 Å². The fourth-order valence-corrected chi connectivity index (χ4v) is 2.26. The molecular weight excluding hydrogens is 344 g/mol. The minimum Gasteiger partial charge on any atom is -0.394 e. The highest BCUT2D eigenvalue weighted by molar-refractivity contribution is 5.90. The van der Waals surface area contributed by atoms with Gasteiger partial charge >= 0.3 is 0 Å². The van der Waals surface area contributed by atoms with E-state index in [-0.39, 0.29) is 39.2 Å². The van der Waals surface area contributed by atoms with Gasteiger partial charge in [0.05, 0.1) is 26.4 Å². The molecule has 0 aliphatic heterocycles. The van der Waals surface area contributed by atoms with Gasteiger partial charge in [-0.05, 0) is 12.8 Å². The number of hydrogen-bond acceptors (Lipinski definition) is 8. The van der Waals surface area contributed by atoms with Crippen molar-refractivity contribution in [3.05, 3.63) is 0 Å². The Kier molecular flexibility index (Phi) is 13.8. The number of carbonyl (C=O) groups is 4. The maximum atomic E-state index is 11.5. The molecule has 0 atom stereocenters. The second-order valence-corrected chi connectivity index (χ2v) is 5.99. The molecule has 0 heterocycles. The number of hydrogen-bond donors (Lipinski definition) is 3. The van der Waals surface area contributed by atoms with Crippen molar-refractivity contribution in [2.45, 2.75) is 37.3 Å². The fourth-order valence-electron chi connectivity index (χ4n) is 2.26. The van der Waals surface area contributed by atoms with E-state index in [2.05, 4.69) is 5.32 Å². The number of aldehydes is 4. The topological polar surface area (TPSA) is 136 Å². The summed E-state index contributed by atoms with van der Waals surface area (Å²) in [4.78, 5) is 45.8. The molecule has 0 aromatic heterocycles. The normalized spacial score (nSPS) is 11.9. The van der Waals surface area contributed by atoms with E-state index in [0.717, 1.165) is 6.42 Å². The number of aliphatic hydroxyl groups excluding tert-OH is 1. The van der Waals surface area contributed by atoms with Crippen LogP contribution in [-0.4, -0.2) is 87.5 Å². The van der Waals surface area contributed by atoms with Crippen molar-refractivity contribution in [2.24, 2.45) is 0 Å². The van der Waals surface area contributed by atoms with Crippen LogP contribution >= 0.6 is 0 Å². The molecule has 0 bridgehead atoms. The highest BCUT2D eigenvalue weighted by Gasteiger charge is 2.38. The number of quaternary nitrogens is 1. The Morgan fingerprint density at radius 2 is 1.58 bits per heavy atom. The lowest BCUT2D eigenvalue weighted by molar-refractivity contribution is -0.697. The van der Waals surface area contributed by atoms with Crippen molar-refractivity contribution in [2.75, 3.05) is 46.1 Å². The van der Waals surface area contributed by atoms with Gasteiger partial charge in [-0.15, -0.1) is 0 Å². The van der Waals surface area contributed by atoms with E-state index in [1.54, 1.807) is 5.32 Å². The summed E-state index contributed by atoms with van der Waals surface area (Å²) in [5.74, 6) is 0. The zero-order valence-corrected chi connectivity index (χ0v) is 15.4. The van der Waals surface area contributed by atoms with Gasteiger partial charge in [0, 0.05) is 19.6 Å². The Bertz CT molecular complexity index is 364. The summed E-state index contributed by atoms with van der Waals surface area (Å²) in [7, 11) is 0. The molecule has 9 nitrogen and oxygen atoms in total. The third-order valence-electron chi connectivity index (χ3n) is 3.90. The average Bonchev–Trinajstić information content (AvgIpc) is 2.68. The molecule has 0 aliphatic carbocycles. The van der Waals surface area contributed by atoms with Gasteiger partial charge in [0.25, 0.3) is 0 Å². The first kappa shape index (κ1) is 24.5. The second-order valence-electron chi connectivity index (χ2n) is 5.99. The highest BCUT2D eigenvalue weighted by atomic mass is 16.5. The first-order chi connectivity index (χ1) is 12.6. The van der Waals surface area contributed by atoms with Crippen molar-refractivity contribution in [3.8, 4) is 0 Å².